The maximum absolute atomic E-state index is 12.7. The summed E-state index contributed by atoms with van der Waals surface area (Å²) in [4.78, 5) is 35.9. The van der Waals surface area contributed by atoms with Gasteiger partial charge in [0, 0.05) is 30.4 Å². The zero-order chi connectivity index (χ0) is 23.1. The highest BCUT2D eigenvalue weighted by molar-refractivity contribution is 5.92. The molecule has 2 saturated carbocycles. The molecule has 1 saturated heterocycles. The monoisotopic (exact) mass is 438 g/mol. The zero-order valence-corrected chi connectivity index (χ0v) is 17.8. The predicted octanol–water partition coefficient (Wildman–Crippen LogP) is 0.266. The number of hydrogen-bond donors (Lipinski definition) is 3. The normalized spacial score (nSPS) is 37.8. The number of aliphatic hydroxyl groups is 3. The lowest BCUT2D eigenvalue weighted by Gasteiger charge is -2.56. The number of carbonyl (C=O) groups is 3. The van der Waals surface area contributed by atoms with Gasteiger partial charge in [-0.1, -0.05) is 20.1 Å². The molecule has 0 amide bonds. The van der Waals surface area contributed by atoms with E-state index >= 15 is 0 Å². The van der Waals surface area contributed by atoms with Gasteiger partial charge in [-0.05, 0) is 25.2 Å². The lowest BCUT2D eigenvalue weighted by molar-refractivity contribution is -0.199. The van der Waals surface area contributed by atoms with Crippen LogP contribution in [0.3, 0.4) is 0 Å². The van der Waals surface area contributed by atoms with Crippen molar-refractivity contribution >= 4 is 17.9 Å². The summed E-state index contributed by atoms with van der Waals surface area (Å²) < 4.78 is 15.9. The van der Waals surface area contributed by atoms with Gasteiger partial charge in [-0.2, -0.15) is 0 Å². The first-order valence-electron chi connectivity index (χ1n) is 10.4. The molecule has 172 valence electrons. The molecule has 0 aromatic carbocycles. The lowest BCUT2D eigenvalue weighted by atomic mass is 9.51. The third-order valence-electron chi connectivity index (χ3n) is 7.10. The number of rotatable bonds is 6. The number of carbonyl (C=O) groups excluding carboxylic acids is 3. The van der Waals surface area contributed by atoms with Crippen molar-refractivity contribution in [2.75, 3.05) is 13.2 Å². The molecular formula is C22H30O9. The SMILES string of the molecule is C=C(C(=O)O[C@H]1C[C@]2(C)[C@H]([C@@H](CO)CC[C@H]2O)[C@H]2OC(=O)C(=C)[C@@H]21)C(O)COC(C)=O. The maximum Gasteiger partial charge on any atom is 0.336 e. The molecule has 0 radical (unpaired) electrons. The summed E-state index contributed by atoms with van der Waals surface area (Å²) in [6.45, 7) is 9.83. The molecule has 0 spiro atoms. The lowest BCUT2D eigenvalue weighted by Crippen LogP contribution is -2.60. The van der Waals surface area contributed by atoms with Gasteiger partial charge in [-0.25, -0.2) is 9.59 Å². The molecule has 1 aliphatic heterocycles. The van der Waals surface area contributed by atoms with Gasteiger partial charge in [-0.3, -0.25) is 4.79 Å². The van der Waals surface area contributed by atoms with Crippen LogP contribution in [0, 0.1) is 23.2 Å². The Balaban J connectivity index is 1.84. The predicted molar refractivity (Wildman–Crippen MR) is 106 cm³/mol. The molecule has 2 aliphatic carbocycles. The molecule has 0 bridgehead atoms. The highest BCUT2D eigenvalue weighted by Crippen LogP contribution is 2.58. The van der Waals surface area contributed by atoms with Crippen molar-refractivity contribution in [3.05, 3.63) is 24.3 Å². The van der Waals surface area contributed by atoms with Crippen LogP contribution >= 0.6 is 0 Å². The van der Waals surface area contributed by atoms with E-state index < -0.39 is 60.3 Å². The van der Waals surface area contributed by atoms with E-state index in [1.807, 2.05) is 6.92 Å². The minimum absolute atomic E-state index is 0.107. The Morgan fingerprint density at radius 3 is 2.65 bits per heavy atom. The Bertz CT molecular complexity index is 790. The van der Waals surface area contributed by atoms with Crippen molar-refractivity contribution in [3.8, 4) is 0 Å². The minimum atomic E-state index is -1.44. The summed E-state index contributed by atoms with van der Waals surface area (Å²) in [5.41, 5.74) is -0.883. The first kappa shape index (κ1) is 23.4. The largest absolute Gasteiger partial charge is 0.463 e. The molecule has 1 unspecified atom stereocenters. The Morgan fingerprint density at radius 2 is 2.03 bits per heavy atom. The average Bonchev–Trinajstić information content (AvgIpc) is 3.01. The van der Waals surface area contributed by atoms with Crippen LogP contribution in [-0.2, 0) is 28.6 Å². The van der Waals surface area contributed by atoms with E-state index in [4.69, 9.17) is 14.2 Å². The highest BCUT2D eigenvalue weighted by Gasteiger charge is 2.63. The van der Waals surface area contributed by atoms with E-state index in [0.717, 1.165) is 0 Å². The van der Waals surface area contributed by atoms with Gasteiger partial charge in [0.2, 0.25) is 0 Å². The summed E-state index contributed by atoms with van der Waals surface area (Å²) in [7, 11) is 0. The van der Waals surface area contributed by atoms with Crippen LogP contribution in [0.1, 0.15) is 33.1 Å². The third-order valence-corrected chi connectivity index (χ3v) is 7.10. The molecule has 8 atom stereocenters. The van der Waals surface area contributed by atoms with Crippen LogP contribution in [0.2, 0.25) is 0 Å². The van der Waals surface area contributed by atoms with Crippen LogP contribution in [0.4, 0.5) is 0 Å². The maximum atomic E-state index is 12.7. The molecule has 1 heterocycles. The van der Waals surface area contributed by atoms with E-state index in [2.05, 4.69) is 13.2 Å². The van der Waals surface area contributed by atoms with Crippen LogP contribution in [0.25, 0.3) is 0 Å². The van der Waals surface area contributed by atoms with Gasteiger partial charge < -0.3 is 29.5 Å². The third kappa shape index (κ3) is 4.14. The summed E-state index contributed by atoms with van der Waals surface area (Å²) in [5, 5.41) is 30.8. The standard InChI is InChI=1S/C22H30O9/c1-10(14(25)9-29-12(3)24)20(27)30-15-7-22(4)16(26)6-5-13(8-23)18(22)19-17(15)11(2)21(28)31-19/h13-19,23,25-26H,1-2,5-9H2,3-4H3/t13-,14?,15+,16-,17-,18-,19+,22+/m1/s1. The van der Waals surface area contributed by atoms with Crippen molar-refractivity contribution in [2.45, 2.75) is 57.5 Å². The molecule has 3 N–H and O–H groups in total. The van der Waals surface area contributed by atoms with Crippen molar-refractivity contribution in [2.24, 2.45) is 23.2 Å². The zero-order valence-electron chi connectivity index (χ0n) is 17.8. The topological polar surface area (TPSA) is 140 Å². The van der Waals surface area contributed by atoms with Gasteiger partial charge in [-0.15, -0.1) is 0 Å². The van der Waals surface area contributed by atoms with Gasteiger partial charge >= 0.3 is 17.9 Å². The van der Waals surface area contributed by atoms with E-state index in [9.17, 15) is 29.7 Å². The minimum Gasteiger partial charge on any atom is -0.463 e. The average molecular weight is 438 g/mol. The summed E-state index contributed by atoms with van der Waals surface area (Å²) >= 11 is 0. The van der Waals surface area contributed by atoms with E-state index in [1.54, 1.807) is 0 Å². The number of ether oxygens (including phenoxy) is 3. The van der Waals surface area contributed by atoms with Crippen LogP contribution in [0.5, 0.6) is 0 Å². The van der Waals surface area contributed by atoms with Crippen molar-refractivity contribution in [1.29, 1.82) is 0 Å². The number of hydrogen-bond acceptors (Lipinski definition) is 9. The van der Waals surface area contributed by atoms with Crippen molar-refractivity contribution < 1.29 is 43.9 Å². The molecule has 3 rings (SSSR count). The van der Waals surface area contributed by atoms with Crippen LogP contribution in [0.15, 0.2) is 24.3 Å². The van der Waals surface area contributed by atoms with Crippen molar-refractivity contribution in [3.63, 3.8) is 0 Å². The summed E-state index contributed by atoms with van der Waals surface area (Å²) in [6, 6.07) is 0. The quantitative estimate of drug-likeness (QED) is 0.303. The second-order valence-corrected chi connectivity index (χ2v) is 8.98. The molecule has 9 nitrogen and oxygen atoms in total. The Kier molecular flexibility index (Phi) is 6.59. The first-order chi connectivity index (χ1) is 14.5. The van der Waals surface area contributed by atoms with Crippen molar-refractivity contribution in [1.82, 2.24) is 0 Å². The highest BCUT2D eigenvalue weighted by atomic mass is 16.6. The fourth-order valence-electron chi connectivity index (χ4n) is 5.42. The molecule has 9 heteroatoms. The van der Waals surface area contributed by atoms with Gasteiger partial charge in [0.25, 0.3) is 0 Å². The number of aliphatic hydroxyl groups excluding tert-OH is 3. The number of fused-ring (bicyclic) bond motifs is 3. The number of esters is 3. The van der Waals surface area contributed by atoms with E-state index in [0.29, 0.717) is 12.8 Å². The van der Waals surface area contributed by atoms with Gasteiger partial charge in [0.1, 0.15) is 24.9 Å². The molecule has 0 aromatic rings. The fraction of sp³-hybridized carbons (Fsp3) is 0.682. The summed E-state index contributed by atoms with van der Waals surface area (Å²) in [6.07, 6.45) is -2.42. The fourth-order valence-corrected chi connectivity index (χ4v) is 5.42. The van der Waals surface area contributed by atoms with Gasteiger partial charge in [0.05, 0.1) is 17.6 Å². The Labute approximate surface area is 180 Å². The first-order valence-corrected chi connectivity index (χ1v) is 10.4. The second-order valence-electron chi connectivity index (χ2n) is 8.98. The molecular weight excluding hydrogens is 408 g/mol. The summed E-state index contributed by atoms with van der Waals surface area (Å²) in [5.74, 6) is -3.23. The Morgan fingerprint density at radius 1 is 1.35 bits per heavy atom. The molecule has 3 fully saturated rings. The van der Waals surface area contributed by atoms with Gasteiger partial charge in [0.15, 0.2) is 0 Å². The van der Waals surface area contributed by atoms with E-state index in [1.165, 1.54) is 6.92 Å². The smallest absolute Gasteiger partial charge is 0.336 e. The van der Waals surface area contributed by atoms with Crippen LogP contribution in [-0.4, -0.2) is 70.9 Å². The molecule has 3 aliphatic rings. The van der Waals surface area contributed by atoms with E-state index in [-0.39, 0.29) is 36.0 Å². The molecule has 0 aromatic heterocycles. The Hall–Kier alpha value is -2.23. The second kappa shape index (κ2) is 8.72. The molecule has 31 heavy (non-hydrogen) atoms. The van der Waals surface area contributed by atoms with Crippen LogP contribution < -0.4 is 0 Å².